The summed E-state index contributed by atoms with van der Waals surface area (Å²) in [7, 11) is -5.75. The van der Waals surface area contributed by atoms with Crippen molar-refractivity contribution in [3.05, 3.63) is 9.60 Å². The maximum atomic E-state index is 12.6. The Labute approximate surface area is 292 Å². The van der Waals surface area contributed by atoms with Crippen molar-refractivity contribution >= 4 is 72.4 Å². The van der Waals surface area contributed by atoms with Crippen LogP contribution in [0.4, 0.5) is 0 Å². The summed E-state index contributed by atoms with van der Waals surface area (Å²) in [5.74, 6) is -6.24. The standard InChI is InChI=1S/C20H31N11O12S4.Zn/c1-27-17(44-19(25-27)46(21,40)41)23-12(32)7-30(10-15(36)37)5-3-29(9-14(34)35)4-6-31(11-16(38)39)8-13(33)24-18-28(2)26-20(45-18)47(22,42)43;/h3-11H2,1-2H3,(H,34,35)(H,36,37)(H,38,39)(H2,21,40,41)(H2,22,42,43);/q;+2/p-2. The Morgan fingerprint density at radius 1 is 0.708 bits per heavy atom. The minimum absolute atomic E-state index is 0. The van der Waals surface area contributed by atoms with E-state index in [2.05, 4.69) is 20.2 Å². The molecule has 0 spiro atoms. The number of nitrogens with zero attached hydrogens (tertiary/aromatic N) is 9. The summed E-state index contributed by atoms with van der Waals surface area (Å²) in [4.78, 5) is 69.8. The van der Waals surface area contributed by atoms with Gasteiger partial charge in [-0.2, -0.15) is 9.98 Å². The zero-order valence-electron chi connectivity index (χ0n) is 25.3. The van der Waals surface area contributed by atoms with Crippen LogP contribution in [0, 0.1) is 0 Å². The molecule has 2 aromatic rings. The molecule has 0 aromatic carbocycles. The Morgan fingerprint density at radius 3 is 1.35 bits per heavy atom. The van der Waals surface area contributed by atoms with Gasteiger partial charge in [0.15, 0.2) is 0 Å². The molecular formula is C20H29N11O12S4Zn. The van der Waals surface area contributed by atoms with E-state index in [0.717, 1.165) is 19.2 Å². The van der Waals surface area contributed by atoms with E-state index in [1.165, 1.54) is 19.0 Å². The molecule has 2 aromatic heterocycles. The number of carboxylic acids is 3. The van der Waals surface area contributed by atoms with Crippen molar-refractivity contribution in [3.8, 4) is 0 Å². The average Bonchev–Trinajstić information content (AvgIpc) is 3.46. The third-order valence-corrected chi connectivity index (χ3v) is 10.2. The molecule has 0 radical (unpaired) electrons. The van der Waals surface area contributed by atoms with Gasteiger partial charge in [0, 0.05) is 53.4 Å². The number of aryl methyl sites for hydroxylation is 2. The van der Waals surface area contributed by atoms with Gasteiger partial charge in [-0.3, -0.25) is 29.1 Å². The normalized spacial score (nSPS) is 12.9. The van der Waals surface area contributed by atoms with Crippen molar-refractivity contribution in [2.75, 3.05) is 58.9 Å². The summed E-state index contributed by atoms with van der Waals surface area (Å²) >= 11 is 0.998. The molecule has 0 aliphatic heterocycles. The number of hydrogen-bond donors (Lipinski definition) is 3. The second kappa shape index (κ2) is 18.5. The second-order valence-corrected chi connectivity index (χ2v) is 14.9. The topological polar surface area (TPSA) is 342 Å². The van der Waals surface area contributed by atoms with Gasteiger partial charge in [-0.1, -0.05) is 22.7 Å². The zero-order chi connectivity index (χ0) is 35.7. The van der Waals surface area contributed by atoms with Gasteiger partial charge < -0.3 is 24.9 Å². The first-order valence-electron chi connectivity index (χ1n) is 12.7. The van der Waals surface area contributed by atoms with Crippen molar-refractivity contribution in [2.45, 2.75) is 8.68 Å². The number of primary sulfonamides is 2. The van der Waals surface area contributed by atoms with Crippen LogP contribution >= 0.6 is 22.7 Å². The van der Waals surface area contributed by atoms with Crippen molar-refractivity contribution in [2.24, 2.45) is 34.4 Å². The summed E-state index contributed by atoms with van der Waals surface area (Å²) in [5, 5.41) is 49.3. The molecule has 0 fully saturated rings. The zero-order valence-corrected chi connectivity index (χ0v) is 31.6. The third kappa shape index (κ3) is 14.9. The Bertz CT molecular complexity index is 1740. The minimum Gasteiger partial charge on any atom is -0.549 e. The van der Waals surface area contributed by atoms with E-state index in [-0.39, 0.29) is 55.3 Å². The molecule has 28 heteroatoms. The van der Waals surface area contributed by atoms with Crippen molar-refractivity contribution in [1.82, 2.24) is 34.3 Å². The molecule has 0 saturated carbocycles. The molecule has 23 nitrogen and oxygen atoms in total. The smallest absolute Gasteiger partial charge is 0.549 e. The van der Waals surface area contributed by atoms with Crippen LogP contribution in [0.2, 0.25) is 0 Å². The quantitative estimate of drug-likeness (QED) is 0.118. The van der Waals surface area contributed by atoms with Crippen molar-refractivity contribution in [1.29, 1.82) is 0 Å². The van der Waals surface area contributed by atoms with Gasteiger partial charge in [-0.15, -0.1) is 10.2 Å². The number of nitrogens with two attached hydrogens (primary N) is 2. The van der Waals surface area contributed by atoms with Crippen LogP contribution in [-0.4, -0.2) is 145 Å². The van der Waals surface area contributed by atoms with Gasteiger partial charge in [0.05, 0.1) is 31.6 Å². The maximum Gasteiger partial charge on any atom is 2.00 e. The molecular weight excluding hydrogens is 780 g/mol. The van der Waals surface area contributed by atoms with Crippen molar-refractivity contribution in [3.63, 3.8) is 0 Å². The molecule has 0 saturated heterocycles. The number of amides is 2. The van der Waals surface area contributed by atoms with Crippen LogP contribution < -0.4 is 30.1 Å². The predicted octanol–water partition coefficient (Wildman–Crippen LogP) is -8.39. The molecule has 0 aliphatic rings. The predicted molar refractivity (Wildman–Crippen MR) is 153 cm³/mol. The molecule has 5 N–H and O–H groups in total. The van der Waals surface area contributed by atoms with Crippen LogP contribution in [0.15, 0.2) is 18.7 Å². The number of carbonyl (C=O) groups excluding carboxylic acids is 4. The SMILES string of the molecule is Cn1nc(S(N)(=O)=O)sc1=NC(=O)CN(CCN(CCN(CC(=O)O)CC(=O)N=c1sc(S(N)(=O)=O)nn1C)CC(=O)[O-])CC(=O)[O-].[Zn+2]. The van der Waals surface area contributed by atoms with Crippen LogP contribution in [0.25, 0.3) is 0 Å². The van der Waals surface area contributed by atoms with E-state index in [4.69, 9.17) is 10.3 Å². The molecule has 0 aliphatic carbocycles. The fourth-order valence-electron chi connectivity index (χ4n) is 3.57. The number of carboxylic acid groups (broad SMARTS) is 3. The Kier molecular flexibility index (Phi) is 16.5. The molecule has 2 amide bonds. The van der Waals surface area contributed by atoms with Crippen LogP contribution in [0.1, 0.15) is 0 Å². The van der Waals surface area contributed by atoms with Crippen molar-refractivity contribution < 1.29 is 75.6 Å². The molecule has 262 valence electrons. The summed E-state index contributed by atoms with van der Waals surface area (Å²) in [6, 6.07) is 0. The van der Waals surface area contributed by atoms with Crippen LogP contribution in [-0.2, 0) is 77.6 Å². The van der Waals surface area contributed by atoms with Crippen LogP contribution in [0.3, 0.4) is 0 Å². The number of hydrogen-bond acceptors (Lipinski definition) is 18. The van der Waals surface area contributed by atoms with E-state index in [1.54, 1.807) is 0 Å². The van der Waals surface area contributed by atoms with Gasteiger partial charge in [-0.25, -0.2) is 36.5 Å². The largest absolute Gasteiger partial charge is 2.00 e. The minimum atomic E-state index is -4.18. The number of rotatable bonds is 18. The molecule has 2 heterocycles. The van der Waals surface area contributed by atoms with E-state index in [0.29, 0.717) is 22.7 Å². The molecule has 0 bridgehead atoms. The van der Waals surface area contributed by atoms with Gasteiger partial charge >= 0.3 is 25.4 Å². The second-order valence-electron chi connectivity index (χ2n) is 9.48. The third-order valence-electron chi connectivity index (χ3n) is 5.55. The molecule has 0 unspecified atom stereocenters. The fraction of sp³-hybridized carbons (Fsp3) is 0.550. The fourth-order valence-corrected chi connectivity index (χ4v) is 6.70. The summed E-state index contributed by atoms with van der Waals surface area (Å²) in [6.07, 6.45) is 0. The number of sulfonamides is 2. The van der Waals surface area contributed by atoms with Gasteiger partial charge in [-0.05, 0) is 0 Å². The molecule has 0 atom stereocenters. The first kappa shape index (κ1) is 42.8. The van der Waals surface area contributed by atoms with E-state index < -0.39 is 91.2 Å². The summed E-state index contributed by atoms with van der Waals surface area (Å²) < 4.78 is 47.0. The summed E-state index contributed by atoms with van der Waals surface area (Å²) in [6.45, 7) is -4.15. The maximum absolute atomic E-state index is 12.6. The van der Waals surface area contributed by atoms with Gasteiger partial charge in [0.25, 0.3) is 31.9 Å². The van der Waals surface area contributed by atoms with Gasteiger partial charge in [0.2, 0.25) is 18.3 Å². The Hall–Kier alpha value is -3.21. The first-order valence-corrected chi connectivity index (χ1v) is 17.4. The first-order chi connectivity index (χ1) is 21.6. The summed E-state index contributed by atoms with van der Waals surface area (Å²) in [5.41, 5.74) is 0. The number of aromatic nitrogens is 4. The van der Waals surface area contributed by atoms with Crippen LogP contribution in [0.5, 0.6) is 0 Å². The van der Waals surface area contributed by atoms with E-state index >= 15 is 0 Å². The Balaban J connectivity index is 0.0000115. The monoisotopic (exact) mass is 807 g/mol. The number of carbonyl (C=O) groups is 5. The molecule has 48 heavy (non-hydrogen) atoms. The van der Waals surface area contributed by atoms with E-state index in [9.17, 15) is 56.1 Å². The molecule has 2 rings (SSSR count). The van der Waals surface area contributed by atoms with Gasteiger partial charge in [0.1, 0.15) is 0 Å². The number of aliphatic carboxylic acids is 3. The van der Waals surface area contributed by atoms with E-state index in [1.807, 2.05) is 0 Å². The average molecular weight is 809 g/mol. The Morgan fingerprint density at radius 2 is 1.04 bits per heavy atom.